The van der Waals surface area contributed by atoms with Crippen LogP contribution in [0.15, 0.2) is 70.1 Å². The highest BCUT2D eigenvalue weighted by Gasteiger charge is 2.16. The van der Waals surface area contributed by atoms with E-state index in [1.165, 1.54) is 12.1 Å². The number of nitrogens with zero attached hydrogens (tertiary/aromatic N) is 2. The molecule has 0 radical (unpaired) electrons. The Balaban J connectivity index is 1.70. The SMILES string of the molecule is CC(c1ccc(S(N)(=O)=O)cc1)N(C)Cc1ncc(-c2ccccc2)o1. The van der Waals surface area contributed by atoms with Gasteiger partial charge in [-0.25, -0.2) is 18.5 Å². The molecule has 3 rings (SSSR count). The van der Waals surface area contributed by atoms with E-state index in [2.05, 4.69) is 9.88 Å². The molecule has 1 heterocycles. The predicted molar refractivity (Wildman–Crippen MR) is 99.6 cm³/mol. The van der Waals surface area contributed by atoms with Crippen molar-refractivity contribution in [2.45, 2.75) is 24.4 Å². The molecule has 2 N–H and O–H groups in total. The Morgan fingerprint density at radius 2 is 1.77 bits per heavy atom. The van der Waals surface area contributed by atoms with Gasteiger partial charge in [-0.2, -0.15) is 0 Å². The molecule has 0 aliphatic carbocycles. The van der Waals surface area contributed by atoms with E-state index in [9.17, 15) is 8.42 Å². The summed E-state index contributed by atoms with van der Waals surface area (Å²) < 4.78 is 28.6. The number of sulfonamides is 1. The monoisotopic (exact) mass is 371 g/mol. The van der Waals surface area contributed by atoms with Crippen LogP contribution in [0.3, 0.4) is 0 Å². The maximum absolute atomic E-state index is 11.4. The summed E-state index contributed by atoms with van der Waals surface area (Å²) >= 11 is 0. The van der Waals surface area contributed by atoms with Crippen LogP contribution in [0.4, 0.5) is 0 Å². The average molecular weight is 371 g/mol. The van der Waals surface area contributed by atoms with Crippen LogP contribution in [0, 0.1) is 0 Å². The van der Waals surface area contributed by atoms with Gasteiger partial charge in [-0.3, -0.25) is 4.90 Å². The number of primary sulfonamides is 1. The fourth-order valence-electron chi connectivity index (χ4n) is 2.66. The van der Waals surface area contributed by atoms with E-state index in [-0.39, 0.29) is 10.9 Å². The van der Waals surface area contributed by atoms with Crippen LogP contribution in [-0.4, -0.2) is 25.3 Å². The first-order valence-electron chi connectivity index (χ1n) is 8.18. The van der Waals surface area contributed by atoms with Crippen LogP contribution in [0.1, 0.15) is 24.4 Å². The smallest absolute Gasteiger partial charge is 0.238 e. The van der Waals surface area contributed by atoms with E-state index in [0.717, 1.165) is 16.9 Å². The van der Waals surface area contributed by atoms with Gasteiger partial charge in [-0.05, 0) is 31.7 Å². The lowest BCUT2D eigenvalue weighted by atomic mass is 10.1. The Morgan fingerprint density at radius 1 is 1.12 bits per heavy atom. The highest BCUT2D eigenvalue weighted by atomic mass is 32.2. The lowest BCUT2D eigenvalue weighted by Gasteiger charge is -2.23. The van der Waals surface area contributed by atoms with Crippen LogP contribution in [-0.2, 0) is 16.6 Å². The molecule has 136 valence electrons. The molecule has 1 aromatic heterocycles. The van der Waals surface area contributed by atoms with Gasteiger partial charge in [0.1, 0.15) is 0 Å². The Kier molecular flexibility index (Phi) is 5.22. The fraction of sp³-hybridized carbons (Fsp3) is 0.211. The standard InChI is InChI=1S/C19H21N3O3S/c1-14(15-8-10-17(11-9-15)26(20,23)24)22(2)13-19-21-12-18(25-19)16-6-4-3-5-7-16/h3-12,14H,13H2,1-2H3,(H2,20,23,24). The minimum Gasteiger partial charge on any atom is -0.439 e. The van der Waals surface area contributed by atoms with E-state index in [0.29, 0.717) is 12.4 Å². The molecule has 0 aliphatic heterocycles. The molecular formula is C19H21N3O3S. The van der Waals surface area contributed by atoms with Gasteiger partial charge in [0.2, 0.25) is 15.9 Å². The zero-order chi connectivity index (χ0) is 18.7. The summed E-state index contributed by atoms with van der Waals surface area (Å²) in [4.78, 5) is 6.53. The number of oxazole rings is 1. The molecule has 1 unspecified atom stereocenters. The minimum atomic E-state index is -3.68. The van der Waals surface area contributed by atoms with Crippen LogP contribution in [0.25, 0.3) is 11.3 Å². The van der Waals surface area contributed by atoms with E-state index in [1.807, 2.05) is 44.3 Å². The maximum Gasteiger partial charge on any atom is 0.238 e. The minimum absolute atomic E-state index is 0.0524. The van der Waals surface area contributed by atoms with Gasteiger partial charge in [0.05, 0.1) is 17.6 Å². The molecule has 0 amide bonds. The van der Waals surface area contributed by atoms with Gasteiger partial charge >= 0.3 is 0 Å². The third-order valence-corrected chi connectivity index (χ3v) is 5.28. The van der Waals surface area contributed by atoms with Gasteiger partial charge in [0.25, 0.3) is 0 Å². The van der Waals surface area contributed by atoms with E-state index in [4.69, 9.17) is 9.56 Å². The molecule has 0 saturated carbocycles. The van der Waals surface area contributed by atoms with Gasteiger partial charge in [0, 0.05) is 11.6 Å². The molecular weight excluding hydrogens is 350 g/mol. The Bertz CT molecular complexity index is 967. The second-order valence-corrected chi connectivity index (χ2v) is 7.75. The van der Waals surface area contributed by atoms with Crippen molar-refractivity contribution in [3.8, 4) is 11.3 Å². The second kappa shape index (κ2) is 7.41. The molecule has 0 fully saturated rings. The van der Waals surface area contributed by atoms with E-state index < -0.39 is 10.0 Å². The summed E-state index contributed by atoms with van der Waals surface area (Å²) in [5.41, 5.74) is 1.97. The molecule has 0 bridgehead atoms. The molecule has 0 aliphatic rings. The average Bonchev–Trinajstić information content (AvgIpc) is 3.09. The van der Waals surface area contributed by atoms with Crippen molar-refractivity contribution in [1.82, 2.24) is 9.88 Å². The van der Waals surface area contributed by atoms with Gasteiger partial charge in [-0.1, -0.05) is 42.5 Å². The summed E-state index contributed by atoms with van der Waals surface area (Å²) in [7, 11) is -1.71. The predicted octanol–water partition coefficient (Wildman–Crippen LogP) is 3.18. The topological polar surface area (TPSA) is 89.4 Å². The van der Waals surface area contributed by atoms with Crippen molar-refractivity contribution in [2.24, 2.45) is 5.14 Å². The molecule has 0 spiro atoms. The lowest BCUT2D eigenvalue weighted by Crippen LogP contribution is -2.22. The number of benzene rings is 2. The lowest BCUT2D eigenvalue weighted by molar-refractivity contribution is 0.228. The summed E-state index contributed by atoms with van der Waals surface area (Å²) in [6, 6.07) is 16.5. The van der Waals surface area contributed by atoms with Crippen molar-refractivity contribution < 1.29 is 12.8 Å². The maximum atomic E-state index is 11.4. The summed E-state index contributed by atoms with van der Waals surface area (Å²) in [5, 5.41) is 5.14. The van der Waals surface area contributed by atoms with Crippen LogP contribution < -0.4 is 5.14 Å². The first kappa shape index (κ1) is 18.3. The summed E-state index contributed by atoms with van der Waals surface area (Å²) in [6.45, 7) is 2.57. The largest absolute Gasteiger partial charge is 0.439 e. The third kappa shape index (κ3) is 4.19. The first-order chi connectivity index (χ1) is 12.3. The Labute approximate surface area is 153 Å². The van der Waals surface area contributed by atoms with E-state index in [1.54, 1.807) is 18.3 Å². The van der Waals surface area contributed by atoms with Crippen molar-refractivity contribution >= 4 is 10.0 Å². The van der Waals surface area contributed by atoms with Crippen LogP contribution in [0.5, 0.6) is 0 Å². The molecule has 3 aromatic rings. The van der Waals surface area contributed by atoms with Crippen molar-refractivity contribution in [3.63, 3.8) is 0 Å². The van der Waals surface area contributed by atoms with Gasteiger partial charge in [0.15, 0.2) is 5.76 Å². The number of aromatic nitrogens is 1. The van der Waals surface area contributed by atoms with Crippen molar-refractivity contribution in [1.29, 1.82) is 0 Å². The van der Waals surface area contributed by atoms with Crippen molar-refractivity contribution in [3.05, 3.63) is 72.2 Å². The van der Waals surface area contributed by atoms with Crippen LogP contribution >= 0.6 is 0 Å². The number of rotatable bonds is 6. The molecule has 6 nitrogen and oxygen atoms in total. The molecule has 26 heavy (non-hydrogen) atoms. The summed E-state index contributed by atoms with van der Waals surface area (Å²) in [6.07, 6.45) is 1.73. The van der Waals surface area contributed by atoms with Gasteiger partial charge in [-0.15, -0.1) is 0 Å². The third-order valence-electron chi connectivity index (χ3n) is 4.35. The molecule has 0 saturated heterocycles. The molecule has 1 atom stereocenters. The molecule has 7 heteroatoms. The number of nitrogens with two attached hydrogens (primary N) is 1. The first-order valence-corrected chi connectivity index (χ1v) is 9.72. The Morgan fingerprint density at radius 3 is 2.38 bits per heavy atom. The fourth-order valence-corrected chi connectivity index (χ4v) is 3.18. The number of hydrogen-bond acceptors (Lipinski definition) is 5. The highest BCUT2D eigenvalue weighted by molar-refractivity contribution is 7.89. The zero-order valence-corrected chi connectivity index (χ0v) is 15.5. The normalized spacial score (nSPS) is 13.1. The summed E-state index contributed by atoms with van der Waals surface area (Å²) in [5.74, 6) is 1.36. The number of hydrogen-bond donors (Lipinski definition) is 1. The quantitative estimate of drug-likeness (QED) is 0.719. The zero-order valence-electron chi connectivity index (χ0n) is 14.7. The van der Waals surface area contributed by atoms with Crippen LogP contribution in [0.2, 0.25) is 0 Å². The Hall–Kier alpha value is -2.48. The van der Waals surface area contributed by atoms with Gasteiger partial charge < -0.3 is 4.42 Å². The van der Waals surface area contributed by atoms with E-state index >= 15 is 0 Å². The highest BCUT2D eigenvalue weighted by Crippen LogP contribution is 2.24. The van der Waals surface area contributed by atoms with Crippen molar-refractivity contribution in [2.75, 3.05) is 7.05 Å². The second-order valence-electron chi connectivity index (χ2n) is 6.19. The molecule has 2 aromatic carbocycles.